The molecule has 0 amide bonds. The van der Waals surface area contributed by atoms with Crippen LogP contribution in [0.3, 0.4) is 0 Å². The Hall–Kier alpha value is 1.41. The van der Waals surface area contributed by atoms with E-state index in [2.05, 4.69) is 9.94 Å². The monoisotopic (exact) mass is 180 g/mol. The summed E-state index contributed by atoms with van der Waals surface area (Å²) >= 11 is 0.0885. The largest absolute Gasteiger partial charge is 0.326 e. The van der Waals surface area contributed by atoms with Gasteiger partial charge >= 0.3 is 61.0 Å². The van der Waals surface area contributed by atoms with Crippen LogP contribution >= 0.6 is 8.25 Å². The zero-order chi connectivity index (χ0) is 7.70. The van der Waals surface area contributed by atoms with Gasteiger partial charge in [-0.1, -0.05) is 0 Å². The molecule has 0 fully saturated rings. The van der Waals surface area contributed by atoms with Crippen LogP contribution in [0, 0.1) is 0 Å². The van der Waals surface area contributed by atoms with Gasteiger partial charge in [0.15, 0.2) is 0 Å². The SMILES string of the molecule is CC[CH2][Ca][CH3].O=[PH](O)O. The van der Waals surface area contributed by atoms with E-state index in [0.29, 0.717) is 0 Å². The Labute approximate surface area is 74.7 Å². The first kappa shape index (κ1) is 13.0. The van der Waals surface area contributed by atoms with Crippen molar-refractivity contribution in [2.45, 2.75) is 18.9 Å². The number of hydrogen-bond acceptors (Lipinski definition) is 1. The zero-order valence-corrected chi connectivity index (χ0v) is 9.13. The van der Waals surface area contributed by atoms with Crippen molar-refractivity contribution in [2.24, 2.45) is 0 Å². The van der Waals surface area contributed by atoms with E-state index in [4.69, 9.17) is 14.4 Å². The Bertz CT molecular complexity index is 62.8. The molecule has 0 radical (unpaired) electrons. The van der Waals surface area contributed by atoms with Crippen LogP contribution in [-0.4, -0.2) is 43.6 Å². The molecule has 0 aromatic rings. The summed E-state index contributed by atoms with van der Waals surface area (Å²) in [7, 11) is -3.13. The van der Waals surface area contributed by atoms with Crippen LogP contribution in [0.4, 0.5) is 0 Å². The summed E-state index contributed by atoms with van der Waals surface area (Å²) in [4.78, 5) is 14.3. The minimum absolute atomic E-state index is 0.0885. The van der Waals surface area contributed by atoms with Gasteiger partial charge in [0.1, 0.15) is 0 Å². The number of rotatable bonds is 2. The van der Waals surface area contributed by atoms with Crippen LogP contribution in [0.25, 0.3) is 0 Å². The minimum atomic E-state index is -3.13. The van der Waals surface area contributed by atoms with Crippen molar-refractivity contribution in [1.82, 2.24) is 0 Å². The van der Waals surface area contributed by atoms with Crippen LogP contribution in [0.15, 0.2) is 0 Å². The van der Waals surface area contributed by atoms with Gasteiger partial charge in [0.25, 0.3) is 0 Å². The van der Waals surface area contributed by atoms with Gasteiger partial charge < -0.3 is 9.79 Å². The van der Waals surface area contributed by atoms with E-state index in [-0.39, 0.29) is 33.8 Å². The molecule has 0 atom stereocenters. The topological polar surface area (TPSA) is 57.5 Å². The molecule has 0 saturated heterocycles. The third-order valence-corrected chi connectivity index (χ3v) is 2.92. The normalized spacial score (nSPS) is 7.67. The summed E-state index contributed by atoms with van der Waals surface area (Å²) < 4.78 is 12.7. The van der Waals surface area contributed by atoms with Crippen molar-refractivity contribution >= 4 is 42.1 Å². The third kappa shape index (κ3) is 44.4. The van der Waals surface area contributed by atoms with Gasteiger partial charge in [0, 0.05) is 0 Å². The molecule has 0 heterocycles. The molecule has 0 aliphatic carbocycles. The molecule has 0 rings (SSSR count). The Balaban J connectivity index is 0. The maximum absolute atomic E-state index is 8.74. The summed E-state index contributed by atoms with van der Waals surface area (Å²) in [6.45, 7) is 2.26. The molecule has 0 aromatic carbocycles. The molecule has 0 spiro atoms. The van der Waals surface area contributed by atoms with Gasteiger partial charge in [-0.15, -0.1) is 0 Å². The zero-order valence-electron chi connectivity index (χ0n) is 5.92. The van der Waals surface area contributed by atoms with Crippen LogP contribution in [-0.2, 0) is 4.57 Å². The summed E-state index contributed by atoms with van der Waals surface area (Å²) in [5.41, 5.74) is 0. The van der Waals surface area contributed by atoms with Gasteiger partial charge in [-0.05, 0) is 0 Å². The second kappa shape index (κ2) is 12.1. The van der Waals surface area contributed by atoms with Gasteiger partial charge in [-0.25, -0.2) is 0 Å². The van der Waals surface area contributed by atoms with E-state index in [9.17, 15) is 0 Å². The van der Waals surface area contributed by atoms with Crippen molar-refractivity contribution < 1.29 is 14.4 Å². The van der Waals surface area contributed by atoms with Crippen molar-refractivity contribution in [1.29, 1.82) is 0 Å². The van der Waals surface area contributed by atoms with Crippen molar-refractivity contribution in [2.75, 3.05) is 0 Å². The predicted octanol–water partition coefficient (Wildman–Crippen LogP) is 0.928. The summed E-state index contributed by atoms with van der Waals surface area (Å²) in [5.74, 6) is 0. The third-order valence-electron chi connectivity index (χ3n) is 0.707. The van der Waals surface area contributed by atoms with Gasteiger partial charge in [0.05, 0.1) is 0 Å². The Morgan fingerprint density at radius 1 is 1.56 bits per heavy atom. The minimum Gasteiger partial charge on any atom is -0.326 e. The Morgan fingerprint density at radius 3 is 1.89 bits per heavy atom. The molecular formula is C4H13CaO3P. The van der Waals surface area contributed by atoms with Gasteiger partial charge in [0.2, 0.25) is 0 Å². The molecule has 3 nitrogen and oxygen atoms in total. The molecule has 0 bridgehead atoms. The van der Waals surface area contributed by atoms with Crippen molar-refractivity contribution in [3.63, 3.8) is 0 Å². The summed E-state index contributed by atoms with van der Waals surface area (Å²) in [5, 5.41) is 0. The van der Waals surface area contributed by atoms with Crippen molar-refractivity contribution in [3.8, 4) is 0 Å². The molecule has 0 aliphatic rings. The predicted molar refractivity (Wildman–Crippen MR) is 40.2 cm³/mol. The second-order valence-corrected chi connectivity index (χ2v) is 4.87. The summed E-state index contributed by atoms with van der Waals surface area (Å²) in [6, 6.07) is 0. The smallest absolute Gasteiger partial charge is 0.314 e. The number of hydrogen-bond donors (Lipinski definition) is 2. The average molecular weight is 180 g/mol. The van der Waals surface area contributed by atoms with E-state index >= 15 is 0 Å². The molecule has 5 heteroatoms. The maximum Gasteiger partial charge on any atom is 0.314 e. The molecule has 2 N–H and O–H groups in total. The first-order valence-electron chi connectivity index (χ1n) is 3.07. The first-order valence-corrected chi connectivity index (χ1v) is 8.14. The van der Waals surface area contributed by atoms with Crippen LogP contribution < -0.4 is 0 Å². The van der Waals surface area contributed by atoms with E-state index in [1.165, 1.54) is 6.42 Å². The van der Waals surface area contributed by atoms with E-state index in [1.54, 1.807) is 2.52 Å². The fourth-order valence-corrected chi connectivity index (χ4v) is 1.46. The molecule has 0 aromatic heterocycles. The first-order chi connectivity index (χ1) is 4.15. The standard InChI is InChI=1S/C3H7.CH3.Ca.H3O3P/c1-3-2;;;1-4(2)3/h1,3H2,2H3;1H3;;4H,(H2,1,2,3). The summed E-state index contributed by atoms with van der Waals surface area (Å²) in [6.07, 6.45) is 1.43. The molecule has 0 aliphatic heterocycles. The van der Waals surface area contributed by atoms with Crippen LogP contribution in [0.5, 0.6) is 0 Å². The Kier molecular flexibility index (Phi) is 17.6. The quantitative estimate of drug-likeness (QED) is 0.491. The van der Waals surface area contributed by atoms with E-state index in [1.807, 2.05) is 0 Å². The van der Waals surface area contributed by atoms with E-state index in [0.717, 1.165) is 0 Å². The fraction of sp³-hybridized carbons (Fsp3) is 1.00. The molecule has 0 saturated carbocycles. The Morgan fingerprint density at radius 2 is 1.89 bits per heavy atom. The van der Waals surface area contributed by atoms with E-state index < -0.39 is 8.25 Å². The molecule has 0 unspecified atom stereocenters. The van der Waals surface area contributed by atoms with Crippen LogP contribution in [0.2, 0.25) is 5.54 Å². The van der Waals surface area contributed by atoms with Crippen molar-refractivity contribution in [3.05, 3.63) is 0 Å². The maximum atomic E-state index is 8.74. The van der Waals surface area contributed by atoms with Gasteiger partial charge in [-0.2, -0.15) is 0 Å². The molecular weight excluding hydrogens is 167 g/mol. The van der Waals surface area contributed by atoms with Crippen LogP contribution in [0.1, 0.15) is 13.3 Å². The van der Waals surface area contributed by atoms with Gasteiger partial charge in [-0.3, -0.25) is 4.57 Å². The second-order valence-electron chi connectivity index (χ2n) is 1.64. The molecule has 54 valence electrons. The fourth-order valence-electron chi connectivity index (χ4n) is 0.354. The average Bonchev–Trinajstić information content (AvgIpc) is 1.66. The molecule has 9 heavy (non-hydrogen) atoms.